The minimum absolute atomic E-state index is 0.491. The number of fused-ring (bicyclic) bond motifs is 2. The summed E-state index contributed by atoms with van der Waals surface area (Å²) in [6.07, 6.45) is 6.93. The van der Waals surface area contributed by atoms with Crippen molar-refractivity contribution in [3.8, 4) is 0 Å². The molecule has 0 spiro atoms. The molecule has 3 rings (SSSR count). The van der Waals surface area contributed by atoms with Gasteiger partial charge in [0, 0.05) is 13.7 Å². The summed E-state index contributed by atoms with van der Waals surface area (Å²) in [6.45, 7) is 1.10. The summed E-state index contributed by atoms with van der Waals surface area (Å²) >= 11 is 0. The molecule has 0 atom stereocenters. The number of nitrogens with one attached hydrogen (secondary N) is 1. The lowest BCUT2D eigenvalue weighted by Gasteiger charge is -2.45. The molecule has 0 amide bonds. The van der Waals surface area contributed by atoms with E-state index in [2.05, 4.69) is 11.4 Å². The van der Waals surface area contributed by atoms with E-state index >= 15 is 0 Å². The predicted octanol–water partition coefficient (Wildman–Crippen LogP) is 0.988. The van der Waals surface area contributed by atoms with Crippen molar-refractivity contribution >= 4 is 7.12 Å². The van der Waals surface area contributed by atoms with Crippen LogP contribution in [0.1, 0.15) is 25.7 Å². The Morgan fingerprint density at radius 2 is 2.40 bits per heavy atom. The lowest BCUT2D eigenvalue weighted by Crippen LogP contribution is -2.42. The van der Waals surface area contributed by atoms with Crippen LogP contribution in [0.2, 0.25) is 0 Å². The van der Waals surface area contributed by atoms with Gasteiger partial charge in [0.25, 0.3) is 0 Å². The van der Waals surface area contributed by atoms with E-state index in [0.717, 1.165) is 18.4 Å². The third-order valence-corrected chi connectivity index (χ3v) is 3.88. The molecule has 1 saturated carbocycles. The van der Waals surface area contributed by atoms with E-state index in [-0.39, 0.29) is 0 Å². The summed E-state index contributed by atoms with van der Waals surface area (Å²) in [7, 11) is 2.89. The zero-order valence-corrected chi connectivity index (χ0v) is 9.62. The second kappa shape index (κ2) is 4.28. The summed E-state index contributed by atoms with van der Waals surface area (Å²) in [5.74, 6) is 0.667. The second-order valence-electron chi connectivity index (χ2n) is 5.03. The Hall–Kier alpha value is -0.315. The molecule has 2 bridgehead atoms. The van der Waals surface area contributed by atoms with Gasteiger partial charge in [-0.25, -0.2) is 0 Å². The van der Waals surface area contributed by atoms with Crippen molar-refractivity contribution in [1.82, 2.24) is 5.32 Å². The first-order chi connectivity index (χ1) is 7.19. The fourth-order valence-corrected chi connectivity index (χ4v) is 3.14. The lowest BCUT2D eigenvalue weighted by molar-refractivity contribution is 0.0811. The third kappa shape index (κ3) is 2.12. The summed E-state index contributed by atoms with van der Waals surface area (Å²) in [6, 6.07) is 0. The molecule has 0 saturated heterocycles. The van der Waals surface area contributed by atoms with E-state index in [4.69, 9.17) is 4.65 Å². The maximum absolute atomic E-state index is 9.65. The largest absolute Gasteiger partial charge is 0.486 e. The molecule has 0 radical (unpaired) electrons. The maximum atomic E-state index is 9.65. The highest BCUT2D eigenvalue weighted by atomic mass is 16.5. The predicted molar refractivity (Wildman–Crippen MR) is 61.4 cm³/mol. The number of hydrogen-bond donors (Lipinski definition) is 2. The van der Waals surface area contributed by atoms with Gasteiger partial charge in [-0.2, -0.15) is 0 Å². The average molecular weight is 209 g/mol. The van der Waals surface area contributed by atoms with Crippen LogP contribution in [0.4, 0.5) is 0 Å². The van der Waals surface area contributed by atoms with Crippen LogP contribution >= 0.6 is 0 Å². The van der Waals surface area contributed by atoms with Gasteiger partial charge in [0.1, 0.15) is 0 Å². The Morgan fingerprint density at radius 1 is 1.67 bits per heavy atom. The summed E-state index contributed by atoms with van der Waals surface area (Å²) in [4.78, 5) is 0. The molecule has 0 aromatic rings. The molecule has 1 fully saturated rings. The van der Waals surface area contributed by atoms with Gasteiger partial charge in [-0.15, -0.1) is 0 Å². The van der Waals surface area contributed by atoms with Gasteiger partial charge >= 0.3 is 7.12 Å². The molecule has 2 N–H and O–H groups in total. The molecule has 3 aliphatic rings. The van der Waals surface area contributed by atoms with E-state index in [9.17, 15) is 5.02 Å². The normalized spacial score (nSPS) is 34.1. The van der Waals surface area contributed by atoms with Crippen LogP contribution in [0.5, 0.6) is 0 Å². The molecule has 15 heavy (non-hydrogen) atoms. The zero-order valence-electron chi connectivity index (χ0n) is 9.62. The molecule has 0 aromatic heterocycles. The van der Waals surface area contributed by atoms with E-state index < -0.39 is 7.12 Å². The highest BCUT2D eigenvalue weighted by Crippen LogP contribution is 2.52. The molecule has 0 heterocycles. The van der Waals surface area contributed by atoms with Crippen LogP contribution in [0.15, 0.2) is 11.5 Å². The highest BCUT2D eigenvalue weighted by molar-refractivity contribution is 6.52. The first kappa shape index (κ1) is 11.2. The lowest BCUT2D eigenvalue weighted by atomic mass is 9.61. The molecular weight excluding hydrogens is 189 g/mol. The van der Waals surface area contributed by atoms with E-state index in [1.165, 1.54) is 19.3 Å². The molecule has 0 unspecified atom stereocenters. The fraction of sp³-hybridized carbons (Fsp3) is 0.818. The molecule has 84 valence electrons. The maximum Gasteiger partial charge on any atom is 0.486 e. The van der Waals surface area contributed by atoms with Crippen LogP contribution in [0.3, 0.4) is 0 Å². The van der Waals surface area contributed by atoms with Crippen molar-refractivity contribution < 1.29 is 9.68 Å². The fourth-order valence-electron chi connectivity index (χ4n) is 3.14. The van der Waals surface area contributed by atoms with Gasteiger partial charge in [0.15, 0.2) is 0 Å². The smallest absolute Gasteiger partial charge is 0.423 e. The van der Waals surface area contributed by atoms with E-state index in [1.807, 2.05) is 7.05 Å². The van der Waals surface area contributed by atoms with E-state index in [1.54, 1.807) is 7.11 Å². The molecule has 3 aliphatic carbocycles. The monoisotopic (exact) mass is 209 g/mol. The first-order valence-electron chi connectivity index (χ1n) is 5.75. The van der Waals surface area contributed by atoms with Gasteiger partial charge in [-0.3, -0.25) is 0 Å². The van der Waals surface area contributed by atoms with Crippen molar-refractivity contribution in [3.05, 3.63) is 11.5 Å². The topological polar surface area (TPSA) is 41.5 Å². The van der Waals surface area contributed by atoms with Gasteiger partial charge in [0.05, 0.1) is 0 Å². The SMILES string of the molecule is CNCC12CCC(B(O)OC)=CC(C1)C2. The molecule has 0 aliphatic heterocycles. The quantitative estimate of drug-likeness (QED) is 0.678. The number of allylic oxidation sites excluding steroid dienone is 2. The van der Waals surface area contributed by atoms with Crippen LogP contribution in [0, 0.1) is 11.3 Å². The van der Waals surface area contributed by atoms with Crippen LogP contribution < -0.4 is 5.32 Å². The Balaban J connectivity index is 2.00. The van der Waals surface area contributed by atoms with Crippen LogP contribution in [-0.2, 0) is 4.65 Å². The number of hydrogen-bond acceptors (Lipinski definition) is 3. The molecule has 4 heteroatoms. The molecule has 0 aromatic carbocycles. The van der Waals surface area contributed by atoms with Gasteiger partial charge in [-0.05, 0) is 49.5 Å². The number of rotatable bonds is 4. The van der Waals surface area contributed by atoms with Gasteiger partial charge < -0.3 is 15.0 Å². The summed E-state index contributed by atoms with van der Waals surface area (Å²) in [5.41, 5.74) is 1.57. The van der Waals surface area contributed by atoms with Crippen molar-refractivity contribution in [3.63, 3.8) is 0 Å². The van der Waals surface area contributed by atoms with Gasteiger partial charge in [-0.1, -0.05) is 6.08 Å². The Labute approximate surface area is 92.0 Å². The first-order valence-corrected chi connectivity index (χ1v) is 5.75. The van der Waals surface area contributed by atoms with Crippen molar-refractivity contribution in [1.29, 1.82) is 0 Å². The highest BCUT2D eigenvalue weighted by Gasteiger charge is 2.45. The zero-order chi connectivity index (χ0) is 10.9. The van der Waals surface area contributed by atoms with Crippen molar-refractivity contribution in [2.24, 2.45) is 11.3 Å². The third-order valence-electron chi connectivity index (χ3n) is 3.88. The van der Waals surface area contributed by atoms with E-state index in [0.29, 0.717) is 11.3 Å². The Kier molecular flexibility index (Phi) is 3.19. The second-order valence-corrected chi connectivity index (χ2v) is 5.03. The minimum Gasteiger partial charge on any atom is -0.423 e. The minimum atomic E-state index is -0.684. The standard InChI is InChI=1S/C11H20BNO2/c1-13-8-11-4-3-10(12(14)15-2)5-9(6-11)7-11/h5,9,13-14H,3-4,6-8H2,1-2H3. The Bertz CT molecular complexity index is 261. The molecular formula is C11H20BNO2. The summed E-state index contributed by atoms with van der Waals surface area (Å²) in [5, 5.41) is 12.9. The van der Waals surface area contributed by atoms with Crippen molar-refractivity contribution in [2.45, 2.75) is 25.7 Å². The van der Waals surface area contributed by atoms with Gasteiger partial charge in [0.2, 0.25) is 0 Å². The van der Waals surface area contributed by atoms with Crippen molar-refractivity contribution in [2.75, 3.05) is 20.7 Å². The van der Waals surface area contributed by atoms with Crippen LogP contribution in [-0.4, -0.2) is 32.8 Å². The summed E-state index contributed by atoms with van der Waals surface area (Å²) < 4.78 is 4.98. The molecule has 3 nitrogen and oxygen atoms in total. The van der Waals surface area contributed by atoms with Crippen LogP contribution in [0.25, 0.3) is 0 Å². The Morgan fingerprint density at radius 3 is 3.00 bits per heavy atom. The average Bonchev–Trinajstić information content (AvgIpc) is 2.46.